The molecule has 0 radical (unpaired) electrons. The Morgan fingerprint density at radius 1 is 1.50 bits per heavy atom. The number of nitrogens with one attached hydrogen (secondary N) is 1. The van der Waals surface area contributed by atoms with Crippen LogP contribution in [0.2, 0.25) is 0 Å². The van der Waals surface area contributed by atoms with Gasteiger partial charge in [-0.1, -0.05) is 13.8 Å². The molecule has 1 saturated heterocycles. The van der Waals surface area contributed by atoms with Crippen LogP contribution in [-0.4, -0.2) is 35.6 Å². The number of nitrogens with zero attached hydrogens (tertiary/aromatic N) is 2. The highest BCUT2D eigenvalue weighted by atomic mass is 16.5. The predicted molar refractivity (Wildman–Crippen MR) is 81.9 cm³/mol. The van der Waals surface area contributed by atoms with Gasteiger partial charge in [-0.3, -0.25) is 4.68 Å². The van der Waals surface area contributed by atoms with Crippen LogP contribution < -0.4 is 5.32 Å². The first-order valence-electron chi connectivity index (χ1n) is 8.07. The van der Waals surface area contributed by atoms with Crippen molar-refractivity contribution in [3.8, 4) is 0 Å². The van der Waals surface area contributed by atoms with E-state index in [0.717, 1.165) is 32.6 Å². The van der Waals surface area contributed by atoms with Crippen LogP contribution >= 0.6 is 0 Å². The number of hydrogen-bond donors (Lipinski definition) is 1. The van der Waals surface area contributed by atoms with Gasteiger partial charge in [0.05, 0.1) is 12.3 Å². The Hall–Kier alpha value is -0.870. The fraction of sp³-hybridized carbons (Fsp3) is 0.812. The monoisotopic (exact) mass is 279 g/mol. The summed E-state index contributed by atoms with van der Waals surface area (Å²) in [5.74, 6) is 0.635. The third kappa shape index (κ3) is 4.06. The molecule has 0 spiro atoms. The van der Waals surface area contributed by atoms with E-state index in [1.54, 1.807) is 0 Å². The van der Waals surface area contributed by atoms with Gasteiger partial charge in [-0.2, -0.15) is 5.10 Å². The molecule has 0 bridgehead atoms. The maximum atomic E-state index is 5.67. The smallest absolute Gasteiger partial charge is 0.0624 e. The molecule has 0 aromatic carbocycles. The van der Waals surface area contributed by atoms with Gasteiger partial charge in [-0.25, -0.2) is 0 Å². The van der Waals surface area contributed by atoms with Crippen LogP contribution in [0.25, 0.3) is 0 Å². The second-order valence-corrected chi connectivity index (χ2v) is 5.85. The van der Waals surface area contributed by atoms with Gasteiger partial charge in [0.1, 0.15) is 0 Å². The fourth-order valence-corrected chi connectivity index (χ4v) is 2.98. The summed E-state index contributed by atoms with van der Waals surface area (Å²) in [7, 11) is 2.06. The van der Waals surface area contributed by atoms with Crippen molar-refractivity contribution in [2.75, 3.05) is 19.8 Å². The second kappa shape index (κ2) is 7.79. The van der Waals surface area contributed by atoms with Gasteiger partial charge >= 0.3 is 0 Å². The maximum Gasteiger partial charge on any atom is 0.0624 e. The van der Waals surface area contributed by atoms with E-state index in [1.165, 1.54) is 30.7 Å². The molecule has 0 amide bonds. The first kappa shape index (κ1) is 15.5. The molecular weight excluding hydrogens is 250 g/mol. The number of aromatic nitrogens is 2. The van der Waals surface area contributed by atoms with Crippen molar-refractivity contribution in [1.82, 2.24) is 15.1 Å². The van der Waals surface area contributed by atoms with E-state index in [2.05, 4.69) is 37.4 Å². The molecule has 4 nitrogen and oxygen atoms in total. The molecule has 2 heterocycles. The molecule has 1 N–H and O–H groups in total. The zero-order valence-corrected chi connectivity index (χ0v) is 13.2. The molecule has 1 fully saturated rings. The van der Waals surface area contributed by atoms with Crippen molar-refractivity contribution in [3.63, 3.8) is 0 Å². The average molecular weight is 279 g/mol. The summed E-state index contributed by atoms with van der Waals surface area (Å²) in [6.45, 7) is 7.30. The van der Waals surface area contributed by atoms with E-state index in [0.29, 0.717) is 12.0 Å². The highest BCUT2D eigenvalue weighted by Gasteiger charge is 2.25. The third-order valence-electron chi connectivity index (χ3n) is 4.24. The minimum Gasteiger partial charge on any atom is -0.381 e. The molecule has 2 rings (SSSR count). The Morgan fingerprint density at radius 2 is 2.35 bits per heavy atom. The minimum absolute atomic E-state index is 0.510. The molecule has 1 aromatic rings. The van der Waals surface area contributed by atoms with Gasteiger partial charge < -0.3 is 10.1 Å². The lowest BCUT2D eigenvalue weighted by molar-refractivity contribution is 0.0391. The molecule has 2 atom stereocenters. The predicted octanol–water partition coefficient (Wildman–Crippen LogP) is 2.32. The molecule has 114 valence electrons. The summed E-state index contributed by atoms with van der Waals surface area (Å²) in [6.07, 6.45) is 5.71. The van der Waals surface area contributed by atoms with Crippen molar-refractivity contribution in [1.29, 1.82) is 0 Å². The van der Waals surface area contributed by atoms with E-state index in [-0.39, 0.29) is 0 Å². The summed E-state index contributed by atoms with van der Waals surface area (Å²) in [6, 6.07) is 2.76. The highest BCUT2D eigenvalue weighted by molar-refractivity contribution is 5.12. The normalized spacial score (nSPS) is 21.1. The van der Waals surface area contributed by atoms with Crippen LogP contribution in [-0.2, 0) is 24.6 Å². The van der Waals surface area contributed by atoms with Crippen LogP contribution in [0.4, 0.5) is 0 Å². The van der Waals surface area contributed by atoms with Crippen molar-refractivity contribution < 1.29 is 4.74 Å². The number of rotatable bonds is 7. The Labute approximate surface area is 122 Å². The van der Waals surface area contributed by atoms with Crippen molar-refractivity contribution in [2.24, 2.45) is 13.0 Å². The standard InChI is InChI=1S/C16H29N3O/c1-4-8-17-16(13-7-6-9-20-12-13)11-15-10-14(5-2)18-19(15)3/h10,13,16-17H,4-9,11-12H2,1-3H3. The van der Waals surface area contributed by atoms with Crippen LogP contribution in [0.15, 0.2) is 6.07 Å². The molecule has 20 heavy (non-hydrogen) atoms. The number of hydrogen-bond acceptors (Lipinski definition) is 3. The fourth-order valence-electron chi connectivity index (χ4n) is 2.98. The van der Waals surface area contributed by atoms with Crippen molar-refractivity contribution in [2.45, 2.75) is 52.0 Å². The van der Waals surface area contributed by atoms with Crippen LogP contribution in [0, 0.1) is 5.92 Å². The first-order valence-corrected chi connectivity index (χ1v) is 8.07. The van der Waals surface area contributed by atoms with Crippen molar-refractivity contribution in [3.05, 3.63) is 17.5 Å². The average Bonchev–Trinajstić information content (AvgIpc) is 2.84. The zero-order valence-electron chi connectivity index (χ0n) is 13.2. The lowest BCUT2D eigenvalue weighted by Gasteiger charge is -2.31. The van der Waals surface area contributed by atoms with E-state index >= 15 is 0 Å². The molecule has 1 aliphatic rings. The maximum absolute atomic E-state index is 5.67. The summed E-state index contributed by atoms with van der Waals surface area (Å²) < 4.78 is 7.72. The van der Waals surface area contributed by atoms with Crippen LogP contribution in [0.5, 0.6) is 0 Å². The van der Waals surface area contributed by atoms with Crippen LogP contribution in [0.3, 0.4) is 0 Å². The zero-order chi connectivity index (χ0) is 14.4. The Balaban J connectivity index is 2.03. The van der Waals surface area contributed by atoms with Crippen molar-refractivity contribution >= 4 is 0 Å². The quantitative estimate of drug-likeness (QED) is 0.832. The Bertz CT molecular complexity index is 396. The van der Waals surface area contributed by atoms with E-state index in [1.807, 2.05) is 4.68 Å². The largest absolute Gasteiger partial charge is 0.381 e. The highest BCUT2D eigenvalue weighted by Crippen LogP contribution is 2.21. The number of aryl methyl sites for hydroxylation is 2. The Kier molecular flexibility index (Phi) is 6.05. The molecular formula is C16H29N3O. The molecule has 1 aromatic heterocycles. The molecule has 1 aliphatic heterocycles. The topological polar surface area (TPSA) is 39.1 Å². The third-order valence-corrected chi connectivity index (χ3v) is 4.24. The van der Waals surface area contributed by atoms with Gasteiger partial charge in [-0.15, -0.1) is 0 Å². The SMILES string of the molecule is CCCNC(Cc1cc(CC)nn1C)C1CCCOC1. The lowest BCUT2D eigenvalue weighted by atomic mass is 9.90. The molecule has 0 saturated carbocycles. The van der Waals surface area contributed by atoms with E-state index < -0.39 is 0 Å². The van der Waals surface area contributed by atoms with E-state index in [4.69, 9.17) is 4.74 Å². The summed E-state index contributed by atoms with van der Waals surface area (Å²) in [4.78, 5) is 0. The molecule has 4 heteroatoms. The summed E-state index contributed by atoms with van der Waals surface area (Å²) in [5.41, 5.74) is 2.53. The number of ether oxygens (including phenoxy) is 1. The van der Waals surface area contributed by atoms with Gasteiger partial charge in [-0.05, 0) is 44.2 Å². The summed E-state index contributed by atoms with van der Waals surface area (Å²) in [5, 5.41) is 8.29. The van der Waals surface area contributed by atoms with Gasteiger partial charge in [0.15, 0.2) is 0 Å². The van der Waals surface area contributed by atoms with Gasteiger partial charge in [0.2, 0.25) is 0 Å². The first-order chi connectivity index (χ1) is 9.74. The lowest BCUT2D eigenvalue weighted by Crippen LogP contribution is -2.42. The molecule has 2 unspecified atom stereocenters. The summed E-state index contributed by atoms with van der Waals surface area (Å²) >= 11 is 0. The van der Waals surface area contributed by atoms with Gasteiger partial charge in [0, 0.05) is 31.8 Å². The minimum atomic E-state index is 0.510. The van der Waals surface area contributed by atoms with E-state index in [9.17, 15) is 0 Å². The Morgan fingerprint density at radius 3 is 2.95 bits per heavy atom. The van der Waals surface area contributed by atoms with Crippen LogP contribution in [0.1, 0.15) is 44.5 Å². The second-order valence-electron chi connectivity index (χ2n) is 5.85. The molecule has 0 aliphatic carbocycles. The van der Waals surface area contributed by atoms with Gasteiger partial charge in [0.25, 0.3) is 0 Å².